The Hall–Kier alpha value is -1.14. The van der Waals surface area contributed by atoms with Crippen molar-refractivity contribution in [3.63, 3.8) is 0 Å². The van der Waals surface area contributed by atoms with Gasteiger partial charge in [-0.1, -0.05) is 0 Å². The molecular formula is C13H24N2O4. The van der Waals surface area contributed by atoms with Gasteiger partial charge in [0, 0.05) is 33.2 Å². The number of hydrogen-bond acceptors (Lipinski definition) is 4. The minimum atomic E-state index is -0.272. The molecular weight excluding hydrogens is 248 g/mol. The number of methoxy groups -OCH3 is 2. The highest BCUT2D eigenvalue weighted by Crippen LogP contribution is 2.20. The Morgan fingerprint density at radius 1 is 1.37 bits per heavy atom. The third kappa shape index (κ3) is 4.47. The maximum Gasteiger partial charge on any atom is 0.225 e. The second-order valence-electron chi connectivity index (χ2n) is 5.12. The van der Waals surface area contributed by atoms with Gasteiger partial charge in [-0.25, -0.2) is 0 Å². The van der Waals surface area contributed by atoms with Crippen LogP contribution in [0.1, 0.15) is 20.3 Å². The number of ether oxygens (including phenoxy) is 2. The van der Waals surface area contributed by atoms with E-state index in [1.807, 2.05) is 13.8 Å². The van der Waals surface area contributed by atoms with Crippen LogP contribution in [0.4, 0.5) is 0 Å². The molecule has 0 bridgehead atoms. The molecule has 6 nitrogen and oxygen atoms in total. The summed E-state index contributed by atoms with van der Waals surface area (Å²) in [6.45, 7) is 5.23. The van der Waals surface area contributed by atoms with Crippen molar-refractivity contribution in [2.45, 2.75) is 32.4 Å². The molecule has 0 aromatic carbocycles. The van der Waals surface area contributed by atoms with Crippen LogP contribution in [0.2, 0.25) is 0 Å². The first kappa shape index (κ1) is 15.9. The minimum absolute atomic E-state index is 0.00620. The van der Waals surface area contributed by atoms with Crippen LogP contribution in [-0.4, -0.2) is 62.8 Å². The zero-order valence-electron chi connectivity index (χ0n) is 12.1. The molecule has 1 saturated heterocycles. The Morgan fingerprint density at radius 2 is 2.00 bits per heavy atom. The number of carbonyl (C=O) groups is 2. The van der Waals surface area contributed by atoms with E-state index in [0.29, 0.717) is 19.8 Å². The Balaban J connectivity index is 2.49. The van der Waals surface area contributed by atoms with Gasteiger partial charge in [0.05, 0.1) is 25.2 Å². The van der Waals surface area contributed by atoms with Crippen LogP contribution in [0.25, 0.3) is 0 Å². The van der Waals surface area contributed by atoms with Crippen LogP contribution in [0.5, 0.6) is 0 Å². The van der Waals surface area contributed by atoms with Gasteiger partial charge >= 0.3 is 0 Å². The summed E-state index contributed by atoms with van der Waals surface area (Å²) >= 11 is 0. The highest BCUT2D eigenvalue weighted by atomic mass is 16.5. The highest BCUT2D eigenvalue weighted by Gasteiger charge is 2.36. The molecule has 0 saturated carbocycles. The number of amides is 2. The molecule has 2 amide bonds. The standard InChI is InChI=1S/C13H24N2O4/c1-9(7-18-3)14-13(17)11-5-12(16)15(6-11)10(2)8-19-4/h9-11H,5-8H2,1-4H3,(H,14,17)/t9-,10-,11+/m0/s1. The lowest BCUT2D eigenvalue weighted by Gasteiger charge is -2.24. The summed E-state index contributed by atoms with van der Waals surface area (Å²) in [5, 5.41) is 2.86. The molecule has 1 heterocycles. The molecule has 110 valence electrons. The molecule has 1 N–H and O–H groups in total. The van der Waals surface area contributed by atoms with E-state index in [4.69, 9.17) is 9.47 Å². The molecule has 6 heteroatoms. The van der Waals surface area contributed by atoms with Crippen LogP contribution in [-0.2, 0) is 19.1 Å². The molecule has 3 atom stereocenters. The van der Waals surface area contributed by atoms with Gasteiger partial charge in [0.15, 0.2) is 0 Å². The summed E-state index contributed by atoms with van der Waals surface area (Å²) in [5.74, 6) is -0.333. The number of hydrogen-bond donors (Lipinski definition) is 1. The fourth-order valence-corrected chi connectivity index (χ4v) is 2.32. The van der Waals surface area contributed by atoms with E-state index in [2.05, 4.69) is 5.32 Å². The summed E-state index contributed by atoms with van der Waals surface area (Å²) in [6, 6.07) is -0.0373. The van der Waals surface area contributed by atoms with Gasteiger partial charge in [0.25, 0.3) is 0 Å². The predicted octanol–water partition coefficient (Wildman–Crippen LogP) is 0.0209. The van der Waals surface area contributed by atoms with E-state index in [9.17, 15) is 9.59 Å². The third-order valence-corrected chi connectivity index (χ3v) is 3.27. The molecule has 0 aromatic heterocycles. The first-order valence-electron chi connectivity index (χ1n) is 6.57. The van der Waals surface area contributed by atoms with Crippen molar-refractivity contribution in [2.75, 3.05) is 34.0 Å². The molecule has 1 rings (SSSR count). The van der Waals surface area contributed by atoms with Crippen molar-refractivity contribution >= 4 is 11.8 Å². The minimum Gasteiger partial charge on any atom is -0.383 e. The fraction of sp³-hybridized carbons (Fsp3) is 0.846. The average Bonchev–Trinajstić information content (AvgIpc) is 2.72. The van der Waals surface area contributed by atoms with Gasteiger partial charge in [0.2, 0.25) is 11.8 Å². The van der Waals surface area contributed by atoms with Gasteiger partial charge in [-0.05, 0) is 13.8 Å². The normalized spacial score (nSPS) is 22.4. The zero-order valence-corrected chi connectivity index (χ0v) is 12.1. The molecule has 19 heavy (non-hydrogen) atoms. The maximum atomic E-state index is 12.0. The number of likely N-dealkylation sites (tertiary alicyclic amines) is 1. The first-order valence-corrected chi connectivity index (χ1v) is 6.57. The molecule has 0 aliphatic carbocycles. The van der Waals surface area contributed by atoms with Crippen LogP contribution in [0.3, 0.4) is 0 Å². The van der Waals surface area contributed by atoms with E-state index < -0.39 is 0 Å². The molecule has 0 radical (unpaired) electrons. The molecule has 1 fully saturated rings. The number of rotatable bonds is 7. The SMILES string of the molecule is COC[C@H](C)NC(=O)[C@@H]1CC(=O)N([C@@H](C)COC)C1. The summed E-state index contributed by atoms with van der Waals surface area (Å²) in [6.07, 6.45) is 0.277. The smallest absolute Gasteiger partial charge is 0.225 e. The van der Waals surface area contributed by atoms with Crippen molar-refractivity contribution in [3.8, 4) is 0 Å². The summed E-state index contributed by atoms with van der Waals surface area (Å²) in [4.78, 5) is 25.6. The summed E-state index contributed by atoms with van der Waals surface area (Å²) < 4.78 is 10.0. The molecule has 0 aromatic rings. The lowest BCUT2D eigenvalue weighted by molar-refractivity contribution is -0.131. The van der Waals surface area contributed by atoms with Gasteiger partial charge in [-0.3, -0.25) is 9.59 Å². The Bertz CT molecular complexity index is 322. The Kier molecular flexibility index (Phi) is 6.24. The second-order valence-corrected chi connectivity index (χ2v) is 5.12. The number of nitrogens with zero attached hydrogens (tertiary/aromatic N) is 1. The van der Waals surface area contributed by atoms with Gasteiger partial charge in [0.1, 0.15) is 0 Å². The number of carbonyl (C=O) groups excluding carboxylic acids is 2. The maximum absolute atomic E-state index is 12.0. The molecule has 0 unspecified atom stereocenters. The largest absolute Gasteiger partial charge is 0.383 e. The van der Waals surface area contributed by atoms with Crippen molar-refractivity contribution in [1.29, 1.82) is 0 Å². The van der Waals surface area contributed by atoms with Crippen molar-refractivity contribution in [3.05, 3.63) is 0 Å². The Morgan fingerprint density at radius 3 is 2.58 bits per heavy atom. The van der Waals surface area contributed by atoms with Crippen LogP contribution < -0.4 is 5.32 Å². The Labute approximate surface area is 114 Å². The van der Waals surface area contributed by atoms with E-state index >= 15 is 0 Å². The van der Waals surface area contributed by atoms with Crippen molar-refractivity contribution < 1.29 is 19.1 Å². The van der Waals surface area contributed by atoms with Gasteiger partial charge in [-0.2, -0.15) is 0 Å². The fourth-order valence-electron chi connectivity index (χ4n) is 2.32. The van der Waals surface area contributed by atoms with Crippen LogP contribution in [0, 0.1) is 5.92 Å². The predicted molar refractivity (Wildman–Crippen MR) is 70.6 cm³/mol. The van der Waals surface area contributed by atoms with E-state index in [-0.39, 0.29) is 36.2 Å². The lowest BCUT2D eigenvalue weighted by atomic mass is 10.1. The van der Waals surface area contributed by atoms with E-state index in [1.54, 1.807) is 19.1 Å². The molecule has 1 aliphatic rings. The first-order chi connectivity index (χ1) is 8.99. The monoisotopic (exact) mass is 272 g/mol. The molecule has 0 spiro atoms. The van der Waals surface area contributed by atoms with Crippen LogP contribution in [0.15, 0.2) is 0 Å². The average molecular weight is 272 g/mol. The second kappa shape index (κ2) is 7.45. The van der Waals surface area contributed by atoms with Gasteiger partial charge in [-0.15, -0.1) is 0 Å². The highest BCUT2D eigenvalue weighted by molar-refractivity contribution is 5.89. The van der Waals surface area contributed by atoms with E-state index in [1.165, 1.54) is 0 Å². The van der Waals surface area contributed by atoms with Gasteiger partial charge < -0.3 is 19.7 Å². The third-order valence-electron chi connectivity index (χ3n) is 3.27. The van der Waals surface area contributed by atoms with Crippen molar-refractivity contribution in [1.82, 2.24) is 10.2 Å². The summed E-state index contributed by atoms with van der Waals surface area (Å²) in [7, 11) is 3.20. The summed E-state index contributed by atoms with van der Waals surface area (Å²) in [5.41, 5.74) is 0. The van der Waals surface area contributed by atoms with E-state index in [0.717, 1.165) is 0 Å². The topological polar surface area (TPSA) is 67.9 Å². The van der Waals surface area contributed by atoms with Crippen LogP contribution >= 0.6 is 0 Å². The quantitative estimate of drug-likeness (QED) is 0.709. The van der Waals surface area contributed by atoms with Crippen molar-refractivity contribution in [2.24, 2.45) is 5.92 Å². The zero-order chi connectivity index (χ0) is 14.4. The lowest BCUT2D eigenvalue weighted by Crippen LogP contribution is -2.42. The number of nitrogens with one attached hydrogen (secondary N) is 1. The molecule has 1 aliphatic heterocycles.